The van der Waals surface area contributed by atoms with Crippen LogP contribution < -0.4 is 5.56 Å². The van der Waals surface area contributed by atoms with Gasteiger partial charge in [0.1, 0.15) is 5.82 Å². The van der Waals surface area contributed by atoms with Gasteiger partial charge in [-0.05, 0) is 43.2 Å². The van der Waals surface area contributed by atoms with E-state index in [0.29, 0.717) is 22.6 Å². The third-order valence-corrected chi connectivity index (χ3v) is 5.80. The monoisotopic (exact) mass is 413 g/mol. The van der Waals surface area contributed by atoms with Crippen LogP contribution in [0.25, 0.3) is 10.9 Å². The highest BCUT2D eigenvalue weighted by Gasteiger charge is 2.18. The number of hydrogen-bond acceptors (Lipinski definition) is 4. The van der Waals surface area contributed by atoms with Crippen LogP contribution in [0.5, 0.6) is 0 Å². The van der Waals surface area contributed by atoms with Gasteiger partial charge in [0.15, 0.2) is 5.16 Å². The van der Waals surface area contributed by atoms with Crippen molar-refractivity contribution in [2.24, 2.45) is 0 Å². The summed E-state index contributed by atoms with van der Waals surface area (Å²) in [4.78, 5) is 31.8. The van der Waals surface area contributed by atoms with Gasteiger partial charge in [0.25, 0.3) is 5.56 Å². The van der Waals surface area contributed by atoms with Gasteiger partial charge in [-0.15, -0.1) is 0 Å². The largest absolute Gasteiger partial charge is 0.341 e. The second kappa shape index (κ2) is 9.22. The summed E-state index contributed by atoms with van der Waals surface area (Å²) in [6.45, 7) is 4.30. The minimum absolute atomic E-state index is 0.0257. The van der Waals surface area contributed by atoms with Crippen molar-refractivity contribution in [3.05, 3.63) is 70.3 Å². The number of halogens is 1. The SMILES string of the molecule is CC[C@@H](C)n1c(SCC(=O)N(C)Cc2cccc(F)c2)nc2ccccc2c1=O. The minimum Gasteiger partial charge on any atom is -0.341 e. The van der Waals surface area contributed by atoms with Crippen LogP contribution in [-0.2, 0) is 11.3 Å². The van der Waals surface area contributed by atoms with Crippen LogP contribution in [-0.4, -0.2) is 33.2 Å². The van der Waals surface area contributed by atoms with E-state index in [-0.39, 0.29) is 29.1 Å². The third kappa shape index (κ3) is 4.85. The topological polar surface area (TPSA) is 55.2 Å². The highest BCUT2D eigenvalue weighted by molar-refractivity contribution is 7.99. The van der Waals surface area contributed by atoms with Crippen molar-refractivity contribution in [1.29, 1.82) is 0 Å². The molecule has 0 aliphatic carbocycles. The number of fused-ring (bicyclic) bond motifs is 1. The molecule has 1 amide bonds. The summed E-state index contributed by atoms with van der Waals surface area (Å²) in [6, 6.07) is 13.4. The molecule has 0 spiro atoms. The molecule has 0 unspecified atom stereocenters. The Kier molecular flexibility index (Phi) is 6.69. The first-order valence-electron chi connectivity index (χ1n) is 9.53. The Hall–Kier alpha value is -2.67. The lowest BCUT2D eigenvalue weighted by Gasteiger charge is -2.20. The lowest BCUT2D eigenvalue weighted by molar-refractivity contribution is -0.127. The number of para-hydroxylation sites is 1. The molecule has 1 aromatic heterocycles. The minimum atomic E-state index is -0.323. The maximum atomic E-state index is 13.4. The molecule has 0 radical (unpaired) electrons. The fourth-order valence-electron chi connectivity index (χ4n) is 3.03. The van der Waals surface area contributed by atoms with E-state index < -0.39 is 0 Å². The molecule has 0 aliphatic rings. The molecule has 0 N–H and O–H groups in total. The summed E-state index contributed by atoms with van der Waals surface area (Å²) in [5.41, 5.74) is 1.26. The summed E-state index contributed by atoms with van der Waals surface area (Å²) >= 11 is 1.26. The molecule has 0 saturated heterocycles. The van der Waals surface area contributed by atoms with Crippen molar-refractivity contribution < 1.29 is 9.18 Å². The van der Waals surface area contributed by atoms with E-state index >= 15 is 0 Å². The molecule has 29 heavy (non-hydrogen) atoms. The maximum absolute atomic E-state index is 13.4. The smallest absolute Gasteiger partial charge is 0.262 e. The van der Waals surface area contributed by atoms with E-state index in [1.807, 2.05) is 26.0 Å². The first kappa shape index (κ1) is 21.0. The van der Waals surface area contributed by atoms with Gasteiger partial charge in [0.05, 0.1) is 16.7 Å². The summed E-state index contributed by atoms with van der Waals surface area (Å²) in [5.74, 6) is -0.291. The fourth-order valence-corrected chi connectivity index (χ4v) is 4.07. The summed E-state index contributed by atoms with van der Waals surface area (Å²) in [7, 11) is 1.68. The van der Waals surface area contributed by atoms with Crippen LogP contribution in [0.4, 0.5) is 4.39 Å². The van der Waals surface area contributed by atoms with Gasteiger partial charge in [-0.1, -0.05) is 43.0 Å². The maximum Gasteiger partial charge on any atom is 0.262 e. The fraction of sp³-hybridized carbons (Fsp3) is 0.318. The van der Waals surface area contributed by atoms with E-state index in [2.05, 4.69) is 4.98 Å². The van der Waals surface area contributed by atoms with Crippen LogP contribution in [0.2, 0.25) is 0 Å². The van der Waals surface area contributed by atoms with E-state index in [1.165, 1.54) is 23.9 Å². The van der Waals surface area contributed by atoms with E-state index in [9.17, 15) is 14.0 Å². The number of carbonyl (C=O) groups excluding carboxylic acids is 1. The summed E-state index contributed by atoms with van der Waals surface area (Å²) in [5, 5.41) is 1.11. The van der Waals surface area contributed by atoms with Crippen molar-refractivity contribution in [3.8, 4) is 0 Å². The van der Waals surface area contributed by atoms with Crippen LogP contribution in [0.1, 0.15) is 31.9 Å². The predicted molar refractivity (Wildman–Crippen MR) is 115 cm³/mol. The van der Waals surface area contributed by atoms with Gasteiger partial charge in [-0.2, -0.15) is 0 Å². The molecule has 7 heteroatoms. The number of thioether (sulfide) groups is 1. The summed E-state index contributed by atoms with van der Waals surface area (Å²) in [6.07, 6.45) is 0.779. The van der Waals surface area contributed by atoms with Gasteiger partial charge < -0.3 is 4.90 Å². The molecular weight excluding hydrogens is 389 g/mol. The zero-order chi connectivity index (χ0) is 21.0. The molecular formula is C22H24FN3O2S. The van der Waals surface area contributed by atoms with Crippen molar-refractivity contribution in [3.63, 3.8) is 0 Å². The standard InChI is InChI=1S/C22H24FN3O2S/c1-4-15(2)26-21(28)18-10-5-6-11-19(18)24-22(26)29-14-20(27)25(3)13-16-8-7-9-17(23)12-16/h5-12,15H,4,13-14H2,1-3H3/t15-/m1/s1. The van der Waals surface area contributed by atoms with Crippen LogP contribution in [0.3, 0.4) is 0 Å². The van der Waals surface area contributed by atoms with Crippen LogP contribution in [0.15, 0.2) is 58.5 Å². The number of rotatable bonds is 7. The molecule has 152 valence electrons. The highest BCUT2D eigenvalue weighted by atomic mass is 32.2. The molecule has 0 fully saturated rings. The van der Waals surface area contributed by atoms with Gasteiger partial charge in [-0.25, -0.2) is 9.37 Å². The van der Waals surface area contributed by atoms with E-state index in [0.717, 1.165) is 12.0 Å². The quantitative estimate of drug-likeness (QED) is 0.429. The number of nitrogens with zero attached hydrogens (tertiary/aromatic N) is 3. The van der Waals surface area contributed by atoms with E-state index in [1.54, 1.807) is 40.8 Å². The lowest BCUT2D eigenvalue weighted by Crippen LogP contribution is -2.29. The average Bonchev–Trinajstić information content (AvgIpc) is 2.71. The van der Waals surface area contributed by atoms with Crippen molar-refractivity contribution in [2.75, 3.05) is 12.8 Å². The number of amides is 1. The number of carbonyl (C=O) groups is 1. The number of hydrogen-bond donors (Lipinski definition) is 0. The lowest BCUT2D eigenvalue weighted by atomic mass is 10.2. The Labute approximate surface area is 173 Å². The Morgan fingerprint density at radius 3 is 2.72 bits per heavy atom. The van der Waals surface area contributed by atoms with Crippen molar-refractivity contribution >= 4 is 28.6 Å². The second-order valence-corrected chi connectivity index (χ2v) is 7.95. The highest BCUT2D eigenvalue weighted by Crippen LogP contribution is 2.22. The van der Waals surface area contributed by atoms with Gasteiger partial charge in [0, 0.05) is 19.6 Å². The molecule has 0 aliphatic heterocycles. The molecule has 1 heterocycles. The molecule has 0 saturated carbocycles. The zero-order valence-electron chi connectivity index (χ0n) is 16.8. The Morgan fingerprint density at radius 1 is 1.24 bits per heavy atom. The van der Waals surface area contributed by atoms with Crippen LogP contribution >= 0.6 is 11.8 Å². The number of benzene rings is 2. The van der Waals surface area contributed by atoms with Crippen molar-refractivity contribution in [1.82, 2.24) is 14.5 Å². The summed E-state index contributed by atoms with van der Waals surface area (Å²) < 4.78 is 15.0. The van der Waals surface area contributed by atoms with E-state index in [4.69, 9.17) is 0 Å². The predicted octanol–water partition coefficient (Wildman–Crippen LogP) is 4.26. The molecule has 3 aromatic rings. The first-order chi connectivity index (χ1) is 13.9. The first-order valence-corrected chi connectivity index (χ1v) is 10.5. The Bertz CT molecular complexity index is 1080. The van der Waals surface area contributed by atoms with Gasteiger partial charge >= 0.3 is 0 Å². The average molecular weight is 414 g/mol. The molecule has 0 bridgehead atoms. The Balaban J connectivity index is 1.80. The molecule has 5 nitrogen and oxygen atoms in total. The second-order valence-electron chi connectivity index (χ2n) is 7.01. The third-order valence-electron chi connectivity index (χ3n) is 4.87. The molecule has 3 rings (SSSR count). The number of aromatic nitrogens is 2. The molecule has 2 aromatic carbocycles. The zero-order valence-corrected chi connectivity index (χ0v) is 17.6. The Morgan fingerprint density at radius 2 is 2.00 bits per heavy atom. The van der Waals surface area contributed by atoms with Gasteiger partial charge in [0.2, 0.25) is 5.91 Å². The molecule has 1 atom stereocenters. The van der Waals surface area contributed by atoms with Gasteiger partial charge in [-0.3, -0.25) is 14.2 Å². The normalized spacial score (nSPS) is 12.1. The van der Waals surface area contributed by atoms with Crippen LogP contribution in [0, 0.1) is 5.82 Å². The van der Waals surface area contributed by atoms with Crippen molar-refractivity contribution in [2.45, 2.75) is 38.0 Å².